The summed E-state index contributed by atoms with van der Waals surface area (Å²) in [6, 6.07) is 9.40. The van der Waals surface area contributed by atoms with Gasteiger partial charge in [0.05, 0.1) is 11.6 Å². The van der Waals surface area contributed by atoms with Gasteiger partial charge in [0, 0.05) is 29.2 Å². The summed E-state index contributed by atoms with van der Waals surface area (Å²) in [4.78, 5) is 14.3. The van der Waals surface area contributed by atoms with Crippen molar-refractivity contribution in [3.05, 3.63) is 35.4 Å². The van der Waals surface area contributed by atoms with Crippen LogP contribution in [0.5, 0.6) is 0 Å². The highest BCUT2D eigenvalue weighted by atomic mass is 32.2. The molecule has 2 fully saturated rings. The molecule has 2 heterocycles. The third-order valence-corrected chi connectivity index (χ3v) is 4.81. The summed E-state index contributed by atoms with van der Waals surface area (Å²) in [7, 11) is 0. The molecule has 2 unspecified atom stereocenters. The number of likely N-dealkylation sites (tertiary alicyclic amines) is 1. The Labute approximate surface area is 104 Å². The van der Waals surface area contributed by atoms with Gasteiger partial charge in [-0.3, -0.25) is 4.79 Å². The molecule has 0 saturated carbocycles. The van der Waals surface area contributed by atoms with Crippen LogP contribution < -0.4 is 0 Å². The zero-order chi connectivity index (χ0) is 11.8. The second kappa shape index (κ2) is 4.08. The van der Waals surface area contributed by atoms with Gasteiger partial charge < -0.3 is 4.90 Å². The van der Waals surface area contributed by atoms with Crippen LogP contribution in [0.4, 0.5) is 0 Å². The van der Waals surface area contributed by atoms with Gasteiger partial charge in [-0.1, -0.05) is 0 Å². The highest BCUT2D eigenvalue weighted by Gasteiger charge is 2.40. The van der Waals surface area contributed by atoms with Gasteiger partial charge in [0.15, 0.2) is 0 Å². The predicted octanol–water partition coefficient (Wildman–Crippen LogP) is 1.89. The number of hydrogen-bond donors (Lipinski definition) is 0. The fourth-order valence-corrected chi connectivity index (χ4v) is 3.94. The molecule has 0 spiro atoms. The maximum absolute atomic E-state index is 12.3. The normalized spacial score (nSPS) is 25.9. The molecule has 17 heavy (non-hydrogen) atoms. The number of benzene rings is 1. The van der Waals surface area contributed by atoms with Crippen LogP contribution in [0.1, 0.15) is 22.3 Å². The first-order valence-electron chi connectivity index (χ1n) is 5.70. The Balaban J connectivity index is 1.80. The van der Waals surface area contributed by atoms with Crippen molar-refractivity contribution in [2.75, 3.05) is 12.3 Å². The molecule has 2 saturated heterocycles. The smallest absolute Gasteiger partial charge is 0.254 e. The summed E-state index contributed by atoms with van der Waals surface area (Å²) < 4.78 is 0. The minimum absolute atomic E-state index is 0.113. The minimum atomic E-state index is 0.113. The molecule has 1 aromatic rings. The molecule has 4 heteroatoms. The summed E-state index contributed by atoms with van der Waals surface area (Å²) in [6.45, 7) is 0.883. The number of amides is 1. The molecule has 2 atom stereocenters. The van der Waals surface area contributed by atoms with Crippen LogP contribution in [0, 0.1) is 11.3 Å². The molecule has 3 nitrogen and oxygen atoms in total. The largest absolute Gasteiger partial charge is 0.334 e. The van der Waals surface area contributed by atoms with Crippen LogP contribution in [-0.4, -0.2) is 34.4 Å². The van der Waals surface area contributed by atoms with Crippen molar-refractivity contribution in [3.63, 3.8) is 0 Å². The van der Waals surface area contributed by atoms with E-state index in [0.29, 0.717) is 22.4 Å². The Hall–Kier alpha value is -1.47. The summed E-state index contributed by atoms with van der Waals surface area (Å²) in [5.74, 6) is 1.19. The summed E-state index contributed by atoms with van der Waals surface area (Å²) >= 11 is 1.98. The highest BCUT2D eigenvalue weighted by Crippen LogP contribution is 2.38. The molecule has 1 aromatic carbocycles. The summed E-state index contributed by atoms with van der Waals surface area (Å²) in [5, 5.41) is 9.36. The lowest BCUT2D eigenvalue weighted by Crippen LogP contribution is -2.39. The average Bonchev–Trinajstić information content (AvgIpc) is 3.00. The molecule has 0 radical (unpaired) electrons. The average molecular weight is 244 g/mol. The molecule has 0 aromatic heterocycles. The third kappa shape index (κ3) is 1.81. The van der Waals surface area contributed by atoms with Gasteiger partial charge in [-0.05, 0) is 30.7 Å². The molecule has 3 rings (SSSR count). The number of rotatable bonds is 1. The predicted molar refractivity (Wildman–Crippen MR) is 66.8 cm³/mol. The summed E-state index contributed by atoms with van der Waals surface area (Å²) in [6.07, 6.45) is 1.15. The number of carbonyl (C=O) groups is 1. The Morgan fingerprint density at radius 2 is 2.18 bits per heavy atom. The first-order valence-corrected chi connectivity index (χ1v) is 6.75. The molecule has 2 aliphatic heterocycles. The number of carbonyl (C=O) groups excluding carboxylic acids is 1. The van der Waals surface area contributed by atoms with E-state index in [2.05, 4.69) is 6.07 Å². The van der Waals surface area contributed by atoms with E-state index in [-0.39, 0.29) is 5.91 Å². The van der Waals surface area contributed by atoms with Crippen molar-refractivity contribution in [1.82, 2.24) is 4.90 Å². The minimum Gasteiger partial charge on any atom is -0.334 e. The number of nitriles is 1. The third-order valence-electron chi connectivity index (χ3n) is 3.42. The lowest BCUT2D eigenvalue weighted by Gasteiger charge is -2.26. The van der Waals surface area contributed by atoms with Gasteiger partial charge in [0.25, 0.3) is 5.91 Å². The topological polar surface area (TPSA) is 44.1 Å². The fourth-order valence-electron chi connectivity index (χ4n) is 2.50. The van der Waals surface area contributed by atoms with E-state index in [4.69, 9.17) is 5.26 Å². The molecular weight excluding hydrogens is 232 g/mol. The Bertz CT molecular complexity index is 491. The van der Waals surface area contributed by atoms with Crippen molar-refractivity contribution in [2.24, 2.45) is 0 Å². The van der Waals surface area contributed by atoms with E-state index >= 15 is 0 Å². The molecule has 86 valence electrons. The number of thioether (sulfide) groups is 1. The number of nitrogens with zero attached hydrogens (tertiary/aromatic N) is 2. The maximum Gasteiger partial charge on any atom is 0.254 e. The first-order chi connectivity index (χ1) is 8.28. The van der Waals surface area contributed by atoms with Crippen LogP contribution in [0.2, 0.25) is 0 Å². The van der Waals surface area contributed by atoms with Crippen molar-refractivity contribution < 1.29 is 4.79 Å². The van der Waals surface area contributed by atoms with E-state index in [1.165, 1.54) is 0 Å². The van der Waals surface area contributed by atoms with E-state index < -0.39 is 0 Å². The molecule has 2 aliphatic rings. The molecule has 0 aliphatic carbocycles. The van der Waals surface area contributed by atoms with Gasteiger partial charge in [-0.25, -0.2) is 0 Å². The van der Waals surface area contributed by atoms with Crippen molar-refractivity contribution >= 4 is 17.7 Å². The van der Waals surface area contributed by atoms with Gasteiger partial charge in [-0.2, -0.15) is 17.0 Å². The van der Waals surface area contributed by atoms with Gasteiger partial charge >= 0.3 is 0 Å². The van der Waals surface area contributed by atoms with Crippen LogP contribution >= 0.6 is 11.8 Å². The van der Waals surface area contributed by atoms with Crippen LogP contribution in [0.15, 0.2) is 24.3 Å². The summed E-state index contributed by atoms with van der Waals surface area (Å²) in [5.41, 5.74) is 1.29. The van der Waals surface area contributed by atoms with Gasteiger partial charge in [0.1, 0.15) is 0 Å². The second-order valence-corrected chi connectivity index (χ2v) is 5.82. The van der Waals surface area contributed by atoms with Crippen LogP contribution in [-0.2, 0) is 0 Å². The Morgan fingerprint density at radius 1 is 1.41 bits per heavy atom. The van der Waals surface area contributed by atoms with Crippen LogP contribution in [0.25, 0.3) is 0 Å². The zero-order valence-corrected chi connectivity index (χ0v) is 10.1. The first kappa shape index (κ1) is 10.7. The lowest BCUT2D eigenvalue weighted by atomic mass is 10.1. The van der Waals surface area contributed by atoms with Gasteiger partial charge in [0.2, 0.25) is 0 Å². The van der Waals surface area contributed by atoms with Crippen molar-refractivity contribution in [2.45, 2.75) is 17.7 Å². The highest BCUT2D eigenvalue weighted by molar-refractivity contribution is 8.00. The van der Waals surface area contributed by atoms with Gasteiger partial charge in [-0.15, -0.1) is 0 Å². The van der Waals surface area contributed by atoms with E-state index in [1.807, 2.05) is 16.7 Å². The lowest BCUT2D eigenvalue weighted by molar-refractivity contribution is 0.0747. The van der Waals surface area contributed by atoms with E-state index in [0.717, 1.165) is 18.7 Å². The molecule has 0 N–H and O–H groups in total. The van der Waals surface area contributed by atoms with Crippen molar-refractivity contribution in [3.8, 4) is 6.07 Å². The second-order valence-electron chi connectivity index (χ2n) is 4.49. The molecule has 1 amide bonds. The fraction of sp³-hybridized carbons (Fsp3) is 0.385. The zero-order valence-electron chi connectivity index (χ0n) is 9.30. The Kier molecular flexibility index (Phi) is 2.56. The SMILES string of the molecule is N#Cc1ccc(C(=O)N2CC3CC2CS3)cc1. The standard InChI is InChI=1S/C13H12N2OS/c14-6-9-1-3-10(4-2-9)13(16)15-7-12-5-11(15)8-17-12/h1-4,11-12H,5,7-8H2. The number of hydrogen-bond acceptors (Lipinski definition) is 3. The van der Waals surface area contributed by atoms with Crippen LogP contribution in [0.3, 0.4) is 0 Å². The monoisotopic (exact) mass is 244 g/mol. The quantitative estimate of drug-likeness (QED) is 0.757. The maximum atomic E-state index is 12.3. The molecular formula is C13H12N2OS. The van der Waals surface area contributed by atoms with E-state index in [9.17, 15) is 4.79 Å². The Morgan fingerprint density at radius 3 is 2.71 bits per heavy atom. The van der Waals surface area contributed by atoms with E-state index in [1.54, 1.807) is 24.3 Å². The number of fused-ring (bicyclic) bond motifs is 2. The van der Waals surface area contributed by atoms with Crippen molar-refractivity contribution in [1.29, 1.82) is 5.26 Å². The molecule has 2 bridgehead atoms.